The first-order valence-electron chi connectivity index (χ1n) is 8.76. The maximum absolute atomic E-state index is 12.3. The Balaban J connectivity index is 1.94. The highest BCUT2D eigenvalue weighted by atomic mass is 32.2. The smallest absolute Gasteiger partial charge is 0.251 e. The minimum atomic E-state index is -3.61. The number of benzene rings is 1. The van der Waals surface area contributed by atoms with Crippen LogP contribution in [0.15, 0.2) is 29.2 Å². The molecule has 0 aliphatic heterocycles. The molecule has 144 valence electrons. The number of amides is 2. The third-order valence-corrected chi connectivity index (χ3v) is 6.52. The molecule has 0 unspecified atom stereocenters. The average molecular weight is 381 g/mol. The van der Waals surface area contributed by atoms with Gasteiger partial charge in [0.25, 0.3) is 5.91 Å². The summed E-state index contributed by atoms with van der Waals surface area (Å²) in [5, 5.41) is 2.57. The molecule has 7 nitrogen and oxygen atoms in total. The molecular formula is C18H27N3O4S. The Hall–Kier alpha value is -1.93. The van der Waals surface area contributed by atoms with Crippen molar-refractivity contribution in [3.8, 4) is 0 Å². The number of hydrogen-bond donors (Lipinski definition) is 1. The Kier molecular flexibility index (Phi) is 6.77. The Morgan fingerprint density at radius 2 is 1.81 bits per heavy atom. The van der Waals surface area contributed by atoms with Gasteiger partial charge >= 0.3 is 0 Å². The minimum absolute atomic E-state index is 0.0415. The molecule has 1 aliphatic rings. The van der Waals surface area contributed by atoms with Crippen LogP contribution in [0.5, 0.6) is 0 Å². The summed E-state index contributed by atoms with van der Waals surface area (Å²) in [6.45, 7) is 0.609. The summed E-state index contributed by atoms with van der Waals surface area (Å²) in [5.41, 5.74) is 0.208. The first kappa shape index (κ1) is 20.4. The highest BCUT2D eigenvalue weighted by Gasteiger charge is 2.21. The van der Waals surface area contributed by atoms with Crippen molar-refractivity contribution in [2.75, 3.05) is 34.2 Å². The predicted octanol–water partition coefficient (Wildman–Crippen LogP) is 1.32. The van der Waals surface area contributed by atoms with E-state index in [0.29, 0.717) is 12.5 Å². The fourth-order valence-corrected chi connectivity index (χ4v) is 4.03. The van der Waals surface area contributed by atoms with E-state index in [1.807, 2.05) is 0 Å². The van der Waals surface area contributed by atoms with E-state index in [-0.39, 0.29) is 22.9 Å². The van der Waals surface area contributed by atoms with Gasteiger partial charge in [0.05, 0.1) is 11.4 Å². The van der Waals surface area contributed by atoms with Crippen LogP contribution >= 0.6 is 0 Å². The van der Waals surface area contributed by atoms with E-state index in [1.165, 1.54) is 51.2 Å². The molecule has 0 spiro atoms. The van der Waals surface area contributed by atoms with E-state index in [4.69, 9.17) is 0 Å². The fraction of sp³-hybridized carbons (Fsp3) is 0.556. The summed E-state index contributed by atoms with van der Waals surface area (Å²) in [6.07, 6.45) is 4.74. The van der Waals surface area contributed by atoms with Gasteiger partial charge in [0, 0.05) is 33.3 Å². The molecule has 1 N–H and O–H groups in total. The fourth-order valence-electron chi connectivity index (χ4n) is 3.08. The Morgan fingerprint density at radius 3 is 2.42 bits per heavy atom. The molecule has 1 aliphatic carbocycles. The summed E-state index contributed by atoms with van der Waals surface area (Å²) in [6, 6.07) is 5.79. The number of carbonyl (C=O) groups is 2. The second kappa shape index (κ2) is 8.64. The van der Waals surface area contributed by atoms with E-state index in [9.17, 15) is 18.0 Å². The number of rotatable bonds is 7. The topological polar surface area (TPSA) is 86.8 Å². The standard InChI is InChI=1S/C18H27N3O4S/c1-20(2)26(24,25)16-10-6-9-15(11-16)18(23)19-12-17(22)21(3)13-14-7-4-5-8-14/h6,9-11,14H,4-5,7-8,12-13H2,1-3H3,(H,19,23). The van der Waals surface area contributed by atoms with E-state index in [1.54, 1.807) is 11.9 Å². The molecule has 1 aromatic rings. The first-order valence-corrected chi connectivity index (χ1v) is 10.2. The zero-order valence-corrected chi connectivity index (χ0v) is 16.4. The molecule has 0 radical (unpaired) electrons. The highest BCUT2D eigenvalue weighted by molar-refractivity contribution is 7.89. The normalized spacial score (nSPS) is 15.2. The molecule has 1 aromatic carbocycles. The van der Waals surface area contributed by atoms with Gasteiger partial charge < -0.3 is 10.2 Å². The van der Waals surface area contributed by atoms with Crippen LogP contribution in [0, 0.1) is 5.92 Å². The van der Waals surface area contributed by atoms with Crippen molar-refractivity contribution >= 4 is 21.8 Å². The maximum atomic E-state index is 12.3. The summed E-state index contributed by atoms with van der Waals surface area (Å²) >= 11 is 0. The van der Waals surface area contributed by atoms with Crippen molar-refractivity contribution in [1.29, 1.82) is 0 Å². The van der Waals surface area contributed by atoms with E-state index >= 15 is 0 Å². The molecule has 0 atom stereocenters. The lowest BCUT2D eigenvalue weighted by Crippen LogP contribution is -2.40. The Bertz CT molecular complexity index is 755. The summed E-state index contributed by atoms with van der Waals surface area (Å²) < 4.78 is 25.4. The van der Waals surface area contributed by atoms with Crippen LogP contribution in [-0.4, -0.2) is 63.7 Å². The molecule has 1 saturated carbocycles. The van der Waals surface area contributed by atoms with Gasteiger partial charge in [-0.1, -0.05) is 18.9 Å². The molecule has 0 heterocycles. The number of carbonyl (C=O) groups excluding carboxylic acids is 2. The van der Waals surface area contributed by atoms with Crippen molar-refractivity contribution in [2.45, 2.75) is 30.6 Å². The predicted molar refractivity (Wildman–Crippen MR) is 99.2 cm³/mol. The van der Waals surface area contributed by atoms with E-state index < -0.39 is 15.9 Å². The second-order valence-electron chi connectivity index (χ2n) is 6.92. The van der Waals surface area contributed by atoms with Crippen LogP contribution in [0.2, 0.25) is 0 Å². The van der Waals surface area contributed by atoms with Gasteiger partial charge in [0.2, 0.25) is 15.9 Å². The van der Waals surface area contributed by atoms with Crippen molar-refractivity contribution in [3.63, 3.8) is 0 Å². The van der Waals surface area contributed by atoms with Crippen LogP contribution < -0.4 is 5.32 Å². The zero-order chi connectivity index (χ0) is 19.3. The van der Waals surface area contributed by atoms with Crippen molar-refractivity contribution < 1.29 is 18.0 Å². The molecular weight excluding hydrogens is 354 g/mol. The van der Waals surface area contributed by atoms with Gasteiger partial charge in [-0.2, -0.15) is 0 Å². The molecule has 0 aromatic heterocycles. The highest BCUT2D eigenvalue weighted by Crippen LogP contribution is 2.25. The Labute approximate surface area is 155 Å². The van der Waals surface area contributed by atoms with Gasteiger partial charge in [0.1, 0.15) is 0 Å². The van der Waals surface area contributed by atoms with Crippen molar-refractivity contribution in [1.82, 2.24) is 14.5 Å². The van der Waals surface area contributed by atoms with Crippen LogP contribution in [-0.2, 0) is 14.8 Å². The summed E-state index contributed by atoms with van der Waals surface area (Å²) in [5.74, 6) is -0.0710. The van der Waals surface area contributed by atoms with Gasteiger partial charge in [0.15, 0.2) is 0 Å². The SMILES string of the molecule is CN(CC1CCCC1)C(=O)CNC(=O)c1cccc(S(=O)(=O)N(C)C)c1. The van der Waals surface area contributed by atoms with Gasteiger partial charge in [-0.05, 0) is 37.0 Å². The van der Waals surface area contributed by atoms with Crippen LogP contribution in [0.3, 0.4) is 0 Å². The second-order valence-corrected chi connectivity index (χ2v) is 9.07. The number of nitrogens with one attached hydrogen (secondary N) is 1. The largest absolute Gasteiger partial charge is 0.344 e. The van der Waals surface area contributed by atoms with Crippen molar-refractivity contribution in [3.05, 3.63) is 29.8 Å². The number of likely N-dealkylation sites (N-methyl/N-ethyl adjacent to an activating group) is 1. The van der Waals surface area contributed by atoms with E-state index in [2.05, 4.69) is 5.32 Å². The summed E-state index contributed by atoms with van der Waals surface area (Å²) in [7, 11) is 0.997. The third kappa shape index (κ3) is 5.04. The third-order valence-electron chi connectivity index (χ3n) is 4.71. The molecule has 1 fully saturated rings. The lowest BCUT2D eigenvalue weighted by molar-refractivity contribution is -0.129. The van der Waals surface area contributed by atoms with Crippen LogP contribution in [0.4, 0.5) is 0 Å². The molecule has 2 rings (SSSR count). The number of sulfonamides is 1. The van der Waals surface area contributed by atoms with Crippen molar-refractivity contribution in [2.24, 2.45) is 5.92 Å². The monoisotopic (exact) mass is 381 g/mol. The quantitative estimate of drug-likeness (QED) is 0.772. The Morgan fingerprint density at radius 1 is 1.15 bits per heavy atom. The molecule has 26 heavy (non-hydrogen) atoms. The van der Waals surface area contributed by atoms with E-state index in [0.717, 1.165) is 17.1 Å². The molecule has 0 saturated heterocycles. The van der Waals surface area contributed by atoms with Gasteiger partial charge in [-0.3, -0.25) is 9.59 Å². The van der Waals surface area contributed by atoms with Crippen LogP contribution in [0.1, 0.15) is 36.0 Å². The minimum Gasteiger partial charge on any atom is -0.344 e. The van der Waals surface area contributed by atoms with Gasteiger partial charge in [-0.15, -0.1) is 0 Å². The number of nitrogens with zero attached hydrogens (tertiary/aromatic N) is 2. The molecule has 0 bridgehead atoms. The lowest BCUT2D eigenvalue weighted by atomic mass is 10.1. The maximum Gasteiger partial charge on any atom is 0.251 e. The first-order chi connectivity index (χ1) is 12.2. The lowest BCUT2D eigenvalue weighted by Gasteiger charge is -2.21. The van der Waals surface area contributed by atoms with Crippen LogP contribution in [0.25, 0.3) is 0 Å². The molecule has 2 amide bonds. The van der Waals surface area contributed by atoms with Gasteiger partial charge in [-0.25, -0.2) is 12.7 Å². The number of hydrogen-bond acceptors (Lipinski definition) is 4. The summed E-state index contributed by atoms with van der Waals surface area (Å²) in [4.78, 5) is 26.2. The zero-order valence-electron chi connectivity index (χ0n) is 15.6. The average Bonchev–Trinajstić information content (AvgIpc) is 3.12. The molecule has 8 heteroatoms.